The van der Waals surface area contributed by atoms with Gasteiger partial charge in [0, 0.05) is 22.5 Å². The zero-order chi connectivity index (χ0) is 19.4. The lowest BCUT2D eigenvalue weighted by molar-refractivity contribution is 0.102. The average Bonchev–Trinajstić information content (AvgIpc) is 2.65. The molecule has 2 amide bonds. The van der Waals surface area contributed by atoms with Crippen LogP contribution in [0, 0.1) is 20.8 Å². The van der Waals surface area contributed by atoms with Crippen LogP contribution in [0.2, 0.25) is 0 Å². The van der Waals surface area contributed by atoms with Crippen LogP contribution in [0.4, 0.5) is 11.4 Å². The number of amides is 2. The Morgan fingerprint density at radius 2 is 1.22 bits per heavy atom. The lowest BCUT2D eigenvalue weighted by Crippen LogP contribution is -2.15. The summed E-state index contributed by atoms with van der Waals surface area (Å²) in [5.41, 5.74) is 5.67. The van der Waals surface area contributed by atoms with Crippen LogP contribution in [0.15, 0.2) is 66.7 Å². The summed E-state index contributed by atoms with van der Waals surface area (Å²) in [6.07, 6.45) is 0. The van der Waals surface area contributed by atoms with Crippen LogP contribution in [-0.2, 0) is 0 Å². The third kappa shape index (κ3) is 4.61. The number of rotatable bonds is 4. The predicted molar refractivity (Wildman–Crippen MR) is 109 cm³/mol. The molecule has 0 bridgehead atoms. The Morgan fingerprint density at radius 1 is 0.630 bits per heavy atom. The second-order valence-corrected chi connectivity index (χ2v) is 6.66. The first-order valence-corrected chi connectivity index (χ1v) is 8.79. The molecule has 0 heterocycles. The first-order valence-electron chi connectivity index (χ1n) is 8.79. The van der Waals surface area contributed by atoms with Gasteiger partial charge in [0.05, 0.1) is 0 Å². The minimum absolute atomic E-state index is 0.247. The van der Waals surface area contributed by atoms with E-state index >= 15 is 0 Å². The molecule has 0 fully saturated rings. The Morgan fingerprint density at radius 3 is 1.81 bits per heavy atom. The maximum Gasteiger partial charge on any atom is 0.255 e. The fourth-order valence-corrected chi connectivity index (χ4v) is 2.75. The van der Waals surface area contributed by atoms with Crippen molar-refractivity contribution in [1.82, 2.24) is 0 Å². The normalized spacial score (nSPS) is 10.3. The molecule has 0 aliphatic heterocycles. The van der Waals surface area contributed by atoms with Crippen molar-refractivity contribution in [3.05, 3.63) is 94.5 Å². The molecule has 27 heavy (non-hydrogen) atoms. The third-order valence-corrected chi connectivity index (χ3v) is 4.43. The molecule has 0 saturated heterocycles. The smallest absolute Gasteiger partial charge is 0.255 e. The van der Waals surface area contributed by atoms with Gasteiger partial charge in [0.1, 0.15) is 0 Å². The van der Waals surface area contributed by atoms with Crippen molar-refractivity contribution in [3.8, 4) is 0 Å². The molecule has 3 aromatic rings. The average molecular weight is 358 g/mol. The van der Waals surface area contributed by atoms with Crippen LogP contribution in [-0.4, -0.2) is 11.8 Å². The Balaban J connectivity index is 1.75. The summed E-state index contributed by atoms with van der Waals surface area (Å²) < 4.78 is 0. The highest BCUT2D eigenvalue weighted by Gasteiger charge is 2.11. The van der Waals surface area contributed by atoms with Gasteiger partial charge in [-0.3, -0.25) is 9.59 Å². The summed E-state index contributed by atoms with van der Waals surface area (Å²) in [5, 5.41) is 5.74. The molecular formula is C23H22N2O2. The van der Waals surface area contributed by atoms with E-state index in [1.165, 1.54) is 5.56 Å². The standard InChI is InChI=1S/C23H22N2O2/c1-15-6-4-9-20(12-15)24-22(26)18-7-5-8-19(14-18)23(27)25-21-11-10-16(2)17(3)13-21/h4-14H,1-3H3,(H,24,26)(H,25,27). The summed E-state index contributed by atoms with van der Waals surface area (Å²) in [5.74, 6) is -0.495. The second-order valence-electron chi connectivity index (χ2n) is 6.66. The third-order valence-electron chi connectivity index (χ3n) is 4.43. The van der Waals surface area contributed by atoms with Crippen LogP contribution in [0.1, 0.15) is 37.4 Å². The Bertz CT molecular complexity index is 1010. The van der Waals surface area contributed by atoms with E-state index in [1.54, 1.807) is 24.3 Å². The van der Waals surface area contributed by atoms with Crippen molar-refractivity contribution in [2.24, 2.45) is 0 Å². The number of carbonyl (C=O) groups is 2. The highest BCUT2D eigenvalue weighted by Crippen LogP contribution is 2.16. The summed E-state index contributed by atoms with van der Waals surface area (Å²) in [6.45, 7) is 5.99. The van der Waals surface area contributed by atoms with Gasteiger partial charge in [-0.1, -0.05) is 24.3 Å². The van der Waals surface area contributed by atoms with Gasteiger partial charge < -0.3 is 10.6 Å². The molecule has 0 aromatic heterocycles. The Labute approximate surface area is 159 Å². The molecule has 0 spiro atoms. The maximum absolute atomic E-state index is 12.5. The van der Waals surface area contributed by atoms with Gasteiger partial charge in [-0.2, -0.15) is 0 Å². The van der Waals surface area contributed by atoms with Gasteiger partial charge in [-0.15, -0.1) is 0 Å². The number of hydrogen-bond donors (Lipinski definition) is 2. The van der Waals surface area contributed by atoms with E-state index in [4.69, 9.17) is 0 Å². The fourth-order valence-electron chi connectivity index (χ4n) is 2.75. The fraction of sp³-hybridized carbons (Fsp3) is 0.130. The number of aryl methyl sites for hydroxylation is 3. The second kappa shape index (κ2) is 7.87. The van der Waals surface area contributed by atoms with E-state index in [2.05, 4.69) is 10.6 Å². The molecule has 4 heteroatoms. The highest BCUT2D eigenvalue weighted by molar-refractivity contribution is 6.08. The molecule has 0 atom stereocenters. The van der Waals surface area contributed by atoms with Gasteiger partial charge in [-0.05, 0) is 79.9 Å². The van der Waals surface area contributed by atoms with Crippen LogP contribution >= 0.6 is 0 Å². The van der Waals surface area contributed by atoms with Crippen molar-refractivity contribution >= 4 is 23.2 Å². The SMILES string of the molecule is Cc1cccc(NC(=O)c2cccc(C(=O)Nc3ccc(C)c(C)c3)c2)c1. The van der Waals surface area contributed by atoms with Crippen molar-refractivity contribution in [3.63, 3.8) is 0 Å². The van der Waals surface area contributed by atoms with Crippen LogP contribution in [0.25, 0.3) is 0 Å². The minimum Gasteiger partial charge on any atom is -0.322 e. The van der Waals surface area contributed by atoms with E-state index < -0.39 is 0 Å². The molecule has 4 nitrogen and oxygen atoms in total. The number of hydrogen-bond acceptors (Lipinski definition) is 2. The van der Waals surface area contributed by atoms with Crippen LogP contribution in [0.3, 0.4) is 0 Å². The number of benzene rings is 3. The first-order chi connectivity index (χ1) is 12.9. The summed E-state index contributed by atoms with van der Waals surface area (Å²) >= 11 is 0. The van der Waals surface area contributed by atoms with Crippen molar-refractivity contribution in [2.75, 3.05) is 10.6 Å². The largest absolute Gasteiger partial charge is 0.322 e. The number of carbonyl (C=O) groups excluding carboxylic acids is 2. The highest BCUT2D eigenvalue weighted by atomic mass is 16.2. The lowest BCUT2D eigenvalue weighted by Gasteiger charge is -2.09. The van der Waals surface area contributed by atoms with E-state index in [9.17, 15) is 9.59 Å². The van der Waals surface area contributed by atoms with E-state index in [0.29, 0.717) is 11.1 Å². The monoisotopic (exact) mass is 358 g/mol. The molecule has 0 unspecified atom stereocenters. The Hall–Kier alpha value is -3.40. The van der Waals surface area contributed by atoms with Gasteiger partial charge in [0.15, 0.2) is 0 Å². The van der Waals surface area contributed by atoms with Crippen molar-refractivity contribution in [2.45, 2.75) is 20.8 Å². The summed E-state index contributed by atoms with van der Waals surface area (Å²) in [6, 6.07) is 20.0. The molecule has 2 N–H and O–H groups in total. The lowest BCUT2D eigenvalue weighted by atomic mass is 10.1. The van der Waals surface area contributed by atoms with Gasteiger partial charge in [-0.25, -0.2) is 0 Å². The molecule has 0 radical (unpaired) electrons. The summed E-state index contributed by atoms with van der Waals surface area (Å²) in [4.78, 5) is 25.0. The van der Waals surface area contributed by atoms with Crippen LogP contribution in [0.5, 0.6) is 0 Å². The molecule has 0 aliphatic rings. The molecule has 0 saturated carbocycles. The van der Waals surface area contributed by atoms with E-state index in [-0.39, 0.29) is 11.8 Å². The van der Waals surface area contributed by atoms with E-state index in [0.717, 1.165) is 22.5 Å². The van der Waals surface area contributed by atoms with Crippen LogP contribution < -0.4 is 10.6 Å². The Kier molecular flexibility index (Phi) is 5.36. The first kappa shape index (κ1) is 18.4. The molecule has 136 valence electrons. The van der Waals surface area contributed by atoms with Crippen molar-refractivity contribution < 1.29 is 9.59 Å². The van der Waals surface area contributed by atoms with Crippen molar-refractivity contribution in [1.29, 1.82) is 0 Å². The van der Waals surface area contributed by atoms with Gasteiger partial charge >= 0.3 is 0 Å². The molecule has 0 aliphatic carbocycles. The topological polar surface area (TPSA) is 58.2 Å². The molecule has 3 aromatic carbocycles. The zero-order valence-electron chi connectivity index (χ0n) is 15.7. The molecule has 3 rings (SSSR count). The van der Waals surface area contributed by atoms with Gasteiger partial charge in [0.2, 0.25) is 0 Å². The molecular weight excluding hydrogens is 336 g/mol. The number of anilines is 2. The number of nitrogens with one attached hydrogen (secondary N) is 2. The minimum atomic E-state index is -0.249. The predicted octanol–water partition coefficient (Wildman–Crippen LogP) is 5.12. The summed E-state index contributed by atoms with van der Waals surface area (Å²) in [7, 11) is 0. The van der Waals surface area contributed by atoms with Gasteiger partial charge in [0.25, 0.3) is 11.8 Å². The maximum atomic E-state index is 12.5. The van der Waals surface area contributed by atoms with E-state index in [1.807, 2.05) is 63.2 Å². The quantitative estimate of drug-likeness (QED) is 0.680. The zero-order valence-corrected chi connectivity index (χ0v) is 15.7.